The maximum absolute atomic E-state index is 6.18. The molecule has 3 nitrogen and oxygen atoms in total. The number of benzene rings is 3. The van der Waals surface area contributed by atoms with Crippen molar-refractivity contribution in [3.8, 4) is 11.5 Å². The summed E-state index contributed by atoms with van der Waals surface area (Å²) in [5, 5.41) is 0. The first-order valence-corrected chi connectivity index (χ1v) is 9.83. The summed E-state index contributed by atoms with van der Waals surface area (Å²) in [6.45, 7) is 8.30. The quantitative estimate of drug-likeness (QED) is 0.255. The van der Waals surface area contributed by atoms with Crippen LogP contribution in [0.4, 0.5) is 5.69 Å². The summed E-state index contributed by atoms with van der Waals surface area (Å²) in [5.74, 6) is 2.47. The molecule has 0 heterocycles. The van der Waals surface area contributed by atoms with E-state index in [9.17, 15) is 0 Å². The van der Waals surface area contributed by atoms with E-state index < -0.39 is 0 Å². The van der Waals surface area contributed by atoms with Gasteiger partial charge in [0.15, 0.2) is 0 Å². The fraction of sp³-hybridized carbons (Fsp3) is 0.192. The Labute approximate surface area is 173 Å². The van der Waals surface area contributed by atoms with E-state index in [0.717, 1.165) is 28.3 Å². The first kappa shape index (κ1) is 20.4. The van der Waals surface area contributed by atoms with Gasteiger partial charge < -0.3 is 9.47 Å². The minimum absolute atomic E-state index is 0.425. The van der Waals surface area contributed by atoms with E-state index in [1.807, 2.05) is 80.6 Å². The van der Waals surface area contributed by atoms with Crippen molar-refractivity contribution < 1.29 is 9.47 Å². The lowest BCUT2D eigenvalue weighted by molar-refractivity contribution is 0.473. The molecule has 0 saturated heterocycles. The summed E-state index contributed by atoms with van der Waals surface area (Å²) in [4.78, 5) is 4.70. The van der Waals surface area contributed by atoms with Crippen molar-refractivity contribution in [2.45, 2.75) is 33.6 Å². The van der Waals surface area contributed by atoms with Gasteiger partial charge in [-0.15, -0.1) is 0 Å². The summed E-state index contributed by atoms with van der Waals surface area (Å²) in [6.07, 6.45) is 1.68. The van der Waals surface area contributed by atoms with Gasteiger partial charge in [-0.05, 0) is 67.3 Å². The molecule has 0 saturated carbocycles. The summed E-state index contributed by atoms with van der Waals surface area (Å²) < 4.78 is 12.0. The van der Waals surface area contributed by atoms with Crippen LogP contribution in [0.1, 0.15) is 37.8 Å². The second kappa shape index (κ2) is 9.74. The lowest BCUT2D eigenvalue weighted by atomic mass is 10.0. The normalized spacial score (nSPS) is 12.2. The van der Waals surface area contributed by atoms with E-state index in [-0.39, 0.29) is 0 Å². The fourth-order valence-electron chi connectivity index (χ4n) is 2.76. The van der Waals surface area contributed by atoms with Crippen LogP contribution in [0.25, 0.3) is 0 Å². The third kappa shape index (κ3) is 6.08. The molecule has 3 heteroatoms. The lowest BCUT2D eigenvalue weighted by Gasteiger charge is -2.12. The molecule has 0 fully saturated rings. The molecule has 0 bridgehead atoms. The third-order valence-electron chi connectivity index (χ3n) is 4.42. The van der Waals surface area contributed by atoms with Crippen LogP contribution >= 0.6 is 0 Å². The van der Waals surface area contributed by atoms with Crippen molar-refractivity contribution in [2.75, 3.05) is 0 Å². The van der Waals surface area contributed by atoms with Gasteiger partial charge in [-0.3, -0.25) is 0 Å². The van der Waals surface area contributed by atoms with E-state index in [2.05, 4.69) is 26.0 Å². The van der Waals surface area contributed by atoms with Crippen molar-refractivity contribution in [1.29, 1.82) is 0 Å². The van der Waals surface area contributed by atoms with Crippen LogP contribution in [0.5, 0.6) is 11.5 Å². The first-order chi connectivity index (χ1) is 14.0. The highest BCUT2D eigenvalue weighted by Gasteiger charge is 2.09. The number of nitrogens with zero attached hydrogens (tertiary/aromatic N) is 1. The maximum Gasteiger partial charge on any atom is 0.225 e. The molecule has 0 radical (unpaired) electrons. The van der Waals surface area contributed by atoms with Crippen molar-refractivity contribution >= 4 is 11.6 Å². The van der Waals surface area contributed by atoms with Crippen LogP contribution in [-0.2, 0) is 0 Å². The Morgan fingerprint density at radius 3 is 2.31 bits per heavy atom. The van der Waals surface area contributed by atoms with Gasteiger partial charge in [0.25, 0.3) is 0 Å². The Kier molecular flexibility index (Phi) is 6.85. The number of hydrogen-bond acceptors (Lipinski definition) is 3. The smallest absolute Gasteiger partial charge is 0.225 e. The van der Waals surface area contributed by atoms with Crippen LogP contribution in [0, 0.1) is 6.92 Å². The molecule has 0 aliphatic heterocycles. The fourth-order valence-corrected chi connectivity index (χ4v) is 2.76. The molecule has 3 aromatic rings. The van der Waals surface area contributed by atoms with Gasteiger partial charge in [0.2, 0.25) is 5.90 Å². The zero-order valence-electron chi connectivity index (χ0n) is 17.4. The molecule has 148 valence electrons. The second-order valence-electron chi connectivity index (χ2n) is 7.32. The predicted molar refractivity (Wildman–Crippen MR) is 120 cm³/mol. The van der Waals surface area contributed by atoms with Crippen molar-refractivity contribution in [2.24, 2.45) is 4.99 Å². The molecular formula is C26H27NO2. The number of hydrogen-bond donors (Lipinski definition) is 0. The Morgan fingerprint density at radius 2 is 1.59 bits per heavy atom. The summed E-state index contributed by atoms with van der Waals surface area (Å²) in [7, 11) is 0. The van der Waals surface area contributed by atoms with E-state index in [4.69, 9.17) is 14.5 Å². The predicted octanol–water partition coefficient (Wildman–Crippen LogP) is 7.21. The van der Waals surface area contributed by atoms with E-state index in [0.29, 0.717) is 11.8 Å². The maximum atomic E-state index is 6.18. The number of aliphatic imine (C=N–C) groups is 1. The number of ether oxygens (including phenoxy) is 2. The highest BCUT2D eigenvalue weighted by Crippen LogP contribution is 2.23. The molecule has 3 aromatic carbocycles. The van der Waals surface area contributed by atoms with Gasteiger partial charge in [-0.1, -0.05) is 56.3 Å². The van der Waals surface area contributed by atoms with E-state index in [1.165, 1.54) is 5.56 Å². The largest absolute Gasteiger partial charge is 0.465 e. The highest BCUT2D eigenvalue weighted by atomic mass is 16.5. The number of aryl methyl sites for hydroxylation is 1. The molecule has 0 aliphatic rings. The molecule has 0 aromatic heterocycles. The molecule has 0 amide bonds. The van der Waals surface area contributed by atoms with Gasteiger partial charge in [0.1, 0.15) is 11.5 Å². The monoisotopic (exact) mass is 385 g/mol. The molecule has 0 aliphatic carbocycles. The van der Waals surface area contributed by atoms with Crippen LogP contribution in [0.2, 0.25) is 0 Å². The summed E-state index contributed by atoms with van der Waals surface area (Å²) in [6, 6.07) is 25.8. The molecular weight excluding hydrogens is 358 g/mol. The SMILES string of the molecule is C/C(=C\Oc1cccc(C)c1)C(=Nc1ccccc1)Oc1cccc(C(C)C)c1. The molecule has 29 heavy (non-hydrogen) atoms. The zero-order chi connectivity index (χ0) is 20.6. The van der Waals surface area contributed by atoms with Gasteiger partial charge in [0, 0.05) is 5.57 Å². The molecule has 0 N–H and O–H groups in total. The zero-order valence-corrected chi connectivity index (χ0v) is 17.4. The number of para-hydroxylation sites is 1. The Morgan fingerprint density at radius 1 is 0.862 bits per heavy atom. The Bertz CT molecular complexity index is 1000. The average molecular weight is 386 g/mol. The third-order valence-corrected chi connectivity index (χ3v) is 4.42. The van der Waals surface area contributed by atoms with Crippen molar-refractivity contribution in [1.82, 2.24) is 0 Å². The van der Waals surface area contributed by atoms with E-state index >= 15 is 0 Å². The minimum Gasteiger partial charge on any atom is -0.465 e. The topological polar surface area (TPSA) is 30.8 Å². The summed E-state index contributed by atoms with van der Waals surface area (Å²) in [5.41, 5.74) is 3.99. The van der Waals surface area contributed by atoms with Crippen LogP contribution in [-0.4, -0.2) is 5.90 Å². The van der Waals surface area contributed by atoms with Gasteiger partial charge >= 0.3 is 0 Å². The molecule has 0 unspecified atom stereocenters. The standard InChI is InChI=1S/C26H27NO2/c1-19(2)22-11-9-15-25(17-22)29-26(27-23-12-6-5-7-13-23)21(4)18-28-24-14-8-10-20(3)16-24/h5-19H,1-4H3/b21-18+,27-26?. The van der Waals surface area contributed by atoms with Crippen molar-refractivity contribution in [3.05, 3.63) is 102 Å². The minimum atomic E-state index is 0.425. The van der Waals surface area contributed by atoms with Crippen molar-refractivity contribution in [3.63, 3.8) is 0 Å². The van der Waals surface area contributed by atoms with Gasteiger partial charge in [-0.25, -0.2) is 4.99 Å². The van der Waals surface area contributed by atoms with E-state index in [1.54, 1.807) is 6.26 Å². The molecule has 3 rings (SSSR count). The average Bonchev–Trinajstić information content (AvgIpc) is 2.72. The van der Waals surface area contributed by atoms with Gasteiger partial charge in [0.05, 0.1) is 11.9 Å². The highest BCUT2D eigenvalue weighted by molar-refractivity contribution is 5.96. The molecule has 0 spiro atoms. The second-order valence-corrected chi connectivity index (χ2v) is 7.32. The van der Waals surface area contributed by atoms with Crippen LogP contribution in [0.3, 0.4) is 0 Å². The van der Waals surface area contributed by atoms with Crippen LogP contribution in [0.15, 0.2) is 95.7 Å². The Hall–Kier alpha value is -3.33. The lowest BCUT2D eigenvalue weighted by Crippen LogP contribution is -2.11. The Balaban J connectivity index is 1.89. The first-order valence-electron chi connectivity index (χ1n) is 9.83. The van der Waals surface area contributed by atoms with Crippen LogP contribution < -0.4 is 9.47 Å². The molecule has 0 atom stereocenters. The van der Waals surface area contributed by atoms with Gasteiger partial charge in [-0.2, -0.15) is 0 Å². The number of rotatable bonds is 6. The summed E-state index contributed by atoms with van der Waals surface area (Å²) >= 11 is 0.